The number of carboxylic acid groups (broad SMARTS) is 1. The first-order valence-electron chi connectivity index (χ1n) is 16.8. The summed E-state index contributed by atoms with van der Waals surface area (Å²) in [6, 6.07) is -8.29. The van der Waals surface area contributed by atoms with Gasteiger partial charge < -0.3 is 58.3 Å². The standard InChI is InChI=1S/C31H56N8O10S/c1-17(2)14-19(33)30(47)39-12-7-9-24(39)29(46)36-21(10-13-50-4)27(44)37-22(15-40)28(45)34-18(3)25(42)35-20(8-5-6-11-32)26(43)38-23(16-41)31(48)49/h17-24,40-41H,5-16,32-33H2,1-4H3,(H,34,45)(H,35,42)(H,36,46)(H,37,44)(H,38,43)(H,48,49). The second kappa shape index (κ2) is 23.0. The number of hydrogen-bond acceptors (Lipinski definition) is 12. The lowest BCUT2D eigenvalue weighted by Crippen LogP contribution is -2.60. The number of nitrogens with one attached hydrogen (secondary N) is 5. The second-order valence-electron chi connectivity index (χ2n) is 12.7. The van der Waals surface area contributed by atoms with Crippen LogP contribution < -0.4 is 38.1 Å². The van der Waals surface area contributed by atoms with E-state index in [1.807, 2.05) is 20.1 Å². The van der Waals surface area contributed by atoms with Crippen molar-refractivity contribution >= 4 is 53.2 Å². The van der Waals surface area contributed by atoms with Crippen molar-refractivity contribution in [3.63, 3.8) is 0 Å². The number of aliphatic hydroxyl groups is 2. The zero-order valence-corrected chi connectivity index (χ0v) is 30.1. The number of carboxylic acids is 1. The van der Waals surface area contributed by atoms with Crippen LogP contribution in [-0.4, -0.2) is 142 Å². The van der Waals surface area contributed by atoms with E-state index in [-0.39, 0.29) is 24.7 Å². The van der Waals surface area contributed by atoms with Crippen molar-refractivity contribution in [3.8, 4) is 0 Å². The summed E-state index contributed by atoms with van der Waals surface area (Å²) < 4.78 is 0. The zero-order chi connectivity index (χ0) is 38.0. The summed E-state index contributed by atoms with van der Waals surface area (Å²) >= 11 is 1.42. The van der Waals surface area contributed by atoms with E-state index >= 15 is 0 Å². The van der Waals surface area contributed by atoms with Crippen molar-refractivity contribution in [1.82, 2.24) is 31.5 Å². The molecule has 12 N–H and O–H groups in total. The van der Waals surface area contributed by atoms with E-state index < -0.39 is 91.0 Å². The van der Waals surface area contributed by atoms with Crippen molar-refractivity contribution in [2.45, 2.75) is 108 Å². The normalized spacial score (nSPS) is 17.9. The Balaban J connectivity index is 2.95. The molecule has 7 atom stereocenters. The number of rotatable bonds is 23. The number of hydrogen-bond donors (Lipinski definition) is 10. The molecule has 0 spiro atoms. The molecule has 0 radical (unpaired) electrons. The van der Waals surface area contributed by atoms with Crippen LogP contribution in [0.25, 0.3) is 0 Å². The topological polar surface area (TPSA) is 296 Å². The van der Waals surface area contributed by atoms with Gasteiger partial charge in [-0.05, 0) is 76.3 Å². The molecule has 6 amide bonds. The molecule has 0 bridgehead atoms. The average molecular weight is 733 g/mol. The first kappa shape index (κ1) is 44.5. The summed E-state index contributed by atoms with van der Waals surface area (Å²) in [5.41, 5.74) is 11.6. The minimum absolute atomic E-state index is 0.0865. The van der Waals surface area contributed by atoms with Gasteiger partial charge in [-0.1, -0.05) is 13.8 Å². The molecule has 1 saturated heterocycles. The van der Waals surface area contributed by atoms with Crippen molar-refractivity contribution < 1.29 is 48.9 Å². The number of likely N-dealkylation sites (tertiary alicyclic amines) is 1. The van der Waals surface area contributed by atoms with E-state index in [4.69, 9.17) is 16.6 Å². The third-order valence-electron chi connectivity index (χ3n) is 8.07. The van der Waals surface area contributed by atoms with Crippen molar-refractivity contribution in [2.24, 2.45) is 17.4 Å². The molecule has 1 fully saturated rings. The summed E-state index contributed by atoms with van der Waals surface area (Å²) in [6.45, 7) is 4.12. The third-order valence-corrected chi connectivity index (χ3v) is 8.71. The summed E-state index contributed by atoms with van der Waals surface area (Å²) in [5.74, 6) is -5.09. The van der Waals surface area contributed by atoms with E-state index in [1.165, 1.54) is 23.6 Å². The molecule has 0 aliphatic carbocycles. The van der Waals surface area contributed by atoms with Crippen LogP contribution in [0.15, 0.2) is 0 Å². The number of carbonyl (C=O) groups is 7. The molecule has 1 rings (SSSR count). The van der Waals surface area contributed by atoms with E-state index in [0.717, 1.165) is 0 Å². The largest absolute Gasteiger partial charge is 0.480 e. The quantitative estimate of drug-likeness (QED) is 0.0463. The minimum Gasteiger partial charge on any atom is -0.480 e. The first-order chi connectivity index (χ1) is 23.6. The van der Waals surface area contributed by atoms with E-state index in [9.17, 15) is 43.8 Å². The molecule has 286 valence electrons. The predicted molar refractivity (Wildman–Crippen MR) is 185 cm³/mol. The first-order valence-corrected chi connectivity index (χ1v) is 18.2. The third kappa shape index (κ3) is 14.8. The summed E-state index contributed by atoms with van der Waals surface area (Å²) in [4.78, 5) is 91.1. The molecule has 0 saturated carbocycles. The molecule has 1 aliphatic rings. The molecular weight excluding hydrogens is 676 g/mol. The Morgan fingerprint density at radius 1 is 0.800 bits per heavy atom. The van der Waals surface area contributed by atoms with Gasteiger partial charge in [0.15, 0.2) is 0 Å². The van der Waals surface area contributed by atoms with Gasteiger partial charge >= 0.3 is 5.97 Å². The number of aliphatic carboxylic acids is 1. The maximum absolute atomic E-state index is 13.3. The molecule has 1 aliphatic heterocycles. The van der Waals surface area contributed by atoms with Crippen LogP contribution in [0.4, 0.5) is 0 Å². The van der Waals surface area contributed by atoms with Crippen LogP contribution in [0.2, 0.25) is 0 Å². The van der Waals surface area contributed by atoms with Crippen LogP contribution in [0.5, 0.6) is 0 Å². The van der Waals surface area contributed by atoms with Gasteiger partial charge in [0.2, 0.25) is 35.4 Å². The monoisotopic (exact) mass is 732 g/mol. The maximum Gasteiger partial charge on any atom is 0.328 e. The summed E-state index contributed by atoms with van der Waals surface area (Å²) in [6.07, 6.45) is 4.42. The number of nitrogens with zero attached hydrogens (tertiary/aromatic N) is 1. The van der Waals surface area contributed by atoms with Crippen molar-refractivity contribution in [1.29, 1.82) is 0 Å². The van der Waals surface area contributed by atoms with Gasteiger partial charge in [0.25, 0.3) is 0 Å². The van der Waals surface area contributed by atoms with Crippen LogP contribution >= 0.6 is 11.8 Å². The molecule has 7 unspecified atom stereocenters. The SMILES string of the molecule is CSCCC(NC(=O)C1CCCN1C(=O)C(N)CC(C)C)C(=O)NC(CO)C(=O)NC(C)C(=O)NC(CCCCN)C(=O)NC(CO)C(=O)O. The number of thioether (sulfide) groups is 1. The fourth-order valence-corrected chi connectivity index (χ4v) is 5.73. The highest BCUT2D eigenvalue weighted by Gasteiger charge is 2.38. The van der Waals surface area contributed by atoms with Crippen molar-refractivity contribution in [2.75, 3.05) is 38.3 Å². The lowest BCUT2D eigenvalue weighted by Gasteiger charge is -2.29. The Morgan fingerprint density at radius 3 is 1.90 bits per heavy atom. The van der Waals surface area contributed by atoms with Gasteiger partial charge in [0.05, 0.1) is 19.3 Å². The number of aliphatic hydroxyl groups excluding tert-OH is 2. The van der Waals surface area contributed by atoms with Crippen LogP contribution in [0.3, 0.4) is 0 Å². The number of nitrogens with two attached hydrogens (primary N) is 2. The average Bonchev–Trinajstić information content (AvgIpc) is 3.56. The Bertz CT molecular complexity index is 1160. The molecule has 0 aromatic heterocycles. The Hall–Kier alpha value is -3.52. The zero-order valence-electron chi connectivity index (χ0n) is 29.3. The molecule has 18 nitrogen and oxygen atoms in total. The lowest BCUT2D eigenvalue weighted by atomic mass is 10.0. The van der Waals surface area contributed by atoms with Gasteiger partial charge in [-0.25, -0.2) is 4.79 Å². The van der Waals surface area contributed by atoms with Gasteiger partial charge in [0, 0.05) is 6.54 Å². The highest BCUT2D eigenvalue weighted by Crippen LogP contribution is 2.20. The highest BCUT2D eigenvalue weighted by atomic mass is 32.2. The summed E-state index contributed by atoms with van der Waals surface area (Å²) in [7, 11) is 0. The Morgan fingerprint density at radius 2 is 1.36 bits per heavy atom. The van der Waals surface area contributed by atoms with Gasteiger partial charge in [0.1, 0.15) is 36.3 Å². The minimum atomic E-state index is -1.60. The number of unbranched alkanes of at least 4 members (excludes halogenated alkanes) is 1. The molecule has 0 aromatic rings. The maximum atomic E-state index is 13.3. The van der Waals surface area contributed by atoms with Gasteiger partial charge in [-0.15, -0.1) is 0 Å². The van der Waals surface area contributed by atoms with E-state index in [0.29, 0.717) is 50.9 Å². The summed E-state index contributed by atoms with van der Waals surface area (Å²) in [5, 5.41) is 40.4. The predicted octanol–water partition coefficient (Wildman–Crippen LogP) is -3.25. The highest BCUT2D eigenvalue weighted by molar-refractivity contribution is 7.98. The molecule has 0 aromatic carbocycles. The molecular formula is C31H56N8O10S. The fraction of sp³-hybridized carbons (Fsp3) is 0.774. The lowest BCUT2D eigenvalue weighted by molar-refractivity contribution is -0.143. The molecule has 50 heavy (non-hydrogen) atoms. The smallest absolute Gasteiger partial charge is 0.328 e. The van der Waals surface area contributed by atoms with Gasteiger partial charge in [-0.3, -0.25) is 28.8 Å². The van der Waals surface area contributed by atoms with E-state index in [2.05, 4.69) is 26.6 Å². The molecule has 1 heterocycles. The van der Waals surface area contributed by atoms with E-state index in [1.54, 1.807) is 0 Å². The Kier molecular flexibility index (Phi) is 20.5. The fourth-order valence-electron chi connectivity index (χ4n) is 5.26. The number of amides is 6. The molecule has 19 heteroatoms. The Labute approximate surface area is 297 Å². The number of carbonyl (C=O) groups excluding carboxylic acids is 6. The van der Waals surface area contributed by atoms with Crippen LogP contribution in [0, 0.1) is 5.92 Å². The van der Waals surface area contributed by atoms with Crippen molar-refractivity contribution in [3.05, 3.63) is 0 Å². The van der Waals surface area contributed by atoms with Crippen LogP contribution in [0.1, 0.15) is 65.7 Å². The van der Waals surface area contributed by atoms with Gasteiger partial charge in [-0.2, -0.15) is 11.8 Å². The second-order valence-corrected chi connectivity index (χ2v) is 13.7. The van der Waals surface area contributed by atoms with Crippen LogP contribution in [-0.2, 0) is 33.6 Å².